The minimum absolute atomic E-state index is 0. The van der Waals surface area contributed by atoms with Crippen LogP contribution >= 0.6 is 11.3 Å². The van der Waals surface area contributed by atoms with E-state index in [4.69, 9.17) is 0 Å². The maximum Gasteiger partial charge on any atom is 0.0251 e. The zero-order chi connectivity index (χ0) is 24.6. The molecule has 0 aliphatic carbocycles. The molecule has 183 valence electrons. The summed E-state index contributed by atoms with van der Waals surface area (Å²) in [4.78, 5) is 8.99. The molecule has 0 fully saturated rings. The monoisotopic (exact) mass is 681 g/mol. The van der Waals surface area contributed by atoms with Crippen molar-refractivity contribution in [2.24, 2.45) is 0 Å². The molecule has 3 heterocycles. The summed E-state index contributed by atoms with van der Waals surface area (Å²) in [5, 5.41) is 6.37. The van der Waals surface area contributed by atoms with E-state index in [0.29, 0.717) is 0 Å². The molecule has 0 aliphatic heterocycles. The van der Waals surface area contributed by atoms with Crippen LogP contribution in [0.1, 0.15) is 0 Å². The molecule has 8 rings (SSSR count). The number of benzene rings is 5. The van der Waals surface area contributed by atoms with E-state index in [9.17, 15) is 0 Å². The third-order valence-electron chi connectivity index (χ3n) is 6.64. The van der Waals surface area contributed by atoms with E-state index in [-0.39, 0.29) is 20.1 Å². The Balaban J connectivity index is 0.000000136. The Labute approximate surface area is 238 Å². The van der Waals surface area contributed by atoms with Gasteiger partial charge in [0.25, 0.3) is 0 Å². The van der Waals surface area contributed by atoms with Crippen LogP contribution in [0.25, 0.3) is 64.2 Å². The third kappa shape index (κ3) is 4.27. The minimum Gasteiger partial charge on any atom is -0.305 e. The summed E-state index contributed by atoms with van der Waals surface area (Å²) in [6.45, 7) is 0. The molecule has 2 nitrogen and oxygen atoms in total. The average molecular weight is 681 g/mol. The molecular formula is C34H20IrN2S-2. The van der Waals surface area contributed by atoms with Crippen LogP contribution in [0, 0.1) is 12.1 Å². The van der Waals surface area contributed by atoms with Crippen LogP contribution in [0.2, 0.25) is 0 Å². The first kappa shape index (κ1) is 24.4. The van der Waals surface area contributed by atoms with Gasteiger partial charge in [0.2, 0.25) is 0 Å². The fourth-order valence-electron chi connectivity index (χ4n) is 4.98. The molecule has 0 atom stereocenters. The number of hydrogen-bond donors (Lipinski definition) is 0. The van der Waals surface area contributed by atoms with Crippen LogP contribution in [0.15, 0.2) is 122 Å². The maximum atomic E-state index is 4.58. The summed E-state index contributed by atoms with van der Waals surface area (Å²) < 4.78 is 2.68. The van der Waals surface area contributed by atoms with Gasteiger partial charge < -0.3 is 9.97 Å². The van der Waals surface area contributed by atoms with Gasteiger partial charge in [-0.2, -0.15) is 11.3 Å². The quantitative estimate of drug-likeness (QED) is 0.134. The van der Waals surface area contributed by atoms with Gasteiger partial charge in [-0.25, -0.2) is 0 Å². The van der Waals surface area contributed by atoms with Crippen molar-refractivity contribution in [3.63, 3.8) is 0 Å². The van der Waals surface area contributed by atoms with Crippen LogP contribution < -0.4 is 0 Å². The van der Waals surface area contributed by atoms with E-state index >= 15 is 0 Å². The number of hydrogen-bond acceptors (Lipinski definition) is 3. The number of rotatable bonds is 2. The van der Waals surface area contributed by atoms with Crippen molar-refractivity contribution < 1.29 is 20.1 Å². The number of fused-ring (bicyclic) bond motifs is 3. The van der Waals surface area contributed by atoms with Crippen LogP contribution in [-0.4, -0.2) is 9.97 Å². The van der Waals surface area contributed by atoms with Crippen LogP contribution in [0.4, 0.5) is 0 Å². The van der Waals surface area contributed by atoms with Crippen molar-refractivity contribution in [2.45, 2.75) is 0 Å². The summed E-state index contributed by atoms with van der Waals surface area (Å²) in [6, 6.07) is 43.8. The Morgan fingerprint density at radius 2 is 1.42 bits per heavy atom. The van der Waals surface area contributed by atoms with Crippen LogP contribution in [0.3, 0.4) is 0 Å². The number of aromatic nitrogens is 2. The van der Waals surface area contributed by atoms with Gasteiger partial charge in [-0.1, -0.05) is 60.0 Å². The van der Waals surface area contributed by atoms with Gasteiger partial charge in [-0.05, 0) is 61.4 Å². The first-order chi connectivity index (χ1) is 18.4. The van der Waals surface area contributed by atoms with E-state index in [1.54, 1.807) is 0 Å². The minimum atomic E-state index is 0. The van der Waals surface area contributed by atoms with Gasteiger partial charge in [0, 0.05) is 37.2 Å². The van der Waals surface area contributed by atoms with E-state index in [0.717, 1.165) is 22.2 Å². The second kappa shape index (κ2) is 10.4. The predicted octanol–water partition coefficient (Wildman–Crippen LogP) is 9.21. The van der Waals surface area contributed by atoms with E-state index in [1.165, 1.54) is 42.1 Å². The van der Waals surface area contributed by atoms with E-state index in [1.807, 2.05) is 84.4 Å². The molecule has 3 aromatic heterocycles. The molecule has 0 spiro atoms. The van der Waals surface area contributed by atoms with Crippen molar-refractivity contribution in [1.29, 1.82) is 0 Å². The Hall–Kier alpha value is -3.95. The summed E-state index contributed by atoms with van der Waals surface area (Å²) in [5.41, 5.74) is 5.42. The molecule has 0 saturated carbocycles. The standard InChI is InChI=1S/C17H8NS.C17H12N.Ir/c1-4-10-11-6-3-9-18-17(11)12-5-2-8-14-16(12)15(10)13(7-1)19-14;1-3-7-14(8-4-1)16-11-12-18-17(13-16)15-9-5-2-6-10-15;/h1-4,6-9H;1-9,11-13H;/q2*-1;. The Morgan fingerprint density at radius 3 is 2.29 bits per heavy atom. The van der Waals surface area contributed by atoms with Gasteiger partial charge >= 0.3 is 0 Å². The smallest absolute Gasteiger partial charge is 0.0251 e. The number of pyridine rings is 2. The SMILES string of the molecule is [Ir].[c-]1ccc2sc3cccc4c5cccnc5c1c2c34.[c-]1ccccc1-c1cc(-c2ccccc2)ccn1. The summed E-state index contributed by atoms with van der Waals surface area (Å²) >= 11 is 1.85. The average Bonchev–Trinajstić information content (AvgIpc) is 3.38. The second-order valence-corrected chi connectivity index (χ2v) is 9.93. The molecule has 8 aromatic rings. The van der Waals surface area contributed by atoms with Crippen molar-refractivity contribution >= 4 is 53.2 Å². The predicted molar refractivity (Wildman–Crippen MR) is 156 cm³/mol. The van der Waals surface area contributed by atoms with Crippen LogP contribution in [-0.2, 0) is 20.1 Å². The number of nitrogens with zero attached hydrogens (tertiary/aromatic N) is 2. The summed E-state index contributed by atoms with van der Waals surface area (Å²) in [5.74, 6) is 0. The maximum absolute atomic E-state index is 4.58. The second-order valence-electron chi connectivity index (χ2n) is 8.84. The van der Waals surface area contributed by atoms with Gasteiger partial charge in [0.05, 0.1) is 0 Å². The zero-order valence-corrected chi connectivity index (χ0v) is 23.4. The van der Waals surface area contributed by atoms with E-state index < -0.39 is 0 Å². The van der Waals surface area contributed by atoms with Gasteiger partial charge in [-0.3, -0.25) is 0 Å². The zero-order valence-electron chi connectivity index (χ0n) is 20.2. The molecule has 4 heteroatoms. The Kier molecular flexibility index (Phi) is 6.69. The van der Waals surface area contributed by atoms with Gasteiger partial charge in [0.15, 0.2) is 0 Å². The molecule has 1 radical (unpaired) electrons. The normalized spacial score (nSPS) is 10.9. The summed E-state index contributed by atoms with van der Waals surface area (Å²) in [7, 11) is 0. The van der Waals surface area contributed by atoms with Crippen molar-refractivity contribution in [2.75, 3.05) is 0 Å². The molecule has 0 saturated heterocycles. The molecule has 38 heavy (non-hydrogen) atoms. The largest absolute Gasteiger partial charge is 0.305 e. The molecule has 0 unspecified atom stereocenters. The fourth-order valence-corrected chi connectivity index (χ4v) is 6.12. The molecule has 0 amide bonds. The molecule has 0 N–H and O–H groups in total. The topological polar surface area (TPSA) is 25.8 Å². The third-order valence-corrected chi connectivity index (χ3v) is 7.76. The number of thiophene rings is 1. The fraction of sp³-hybridized carbons (Fsp3) is 0. The molecule has 0 bridgehead atoms. The van der Waals surface area contributed by atoms with Gasteiger partial charge in [-0.15, -0.1) is 59.5 Å². The molecular weight excluding hydrogens is 661 g/mol. The van der Waals surface area contributed by atoms with Crippen molar-refractivity contribution in [3.05, 3.63) is 134 Å². The first-order valence-electron chi connectivity index (χ1n) is 12.2. The van der Waals surface area contributed by atoms with Gasteiger partial charge in [0.1, 0.15) is 0 Å². The molecule has 0 aliphatic rings. The Bertz CT molecular complexity index is 1840. The summed E-state index contributed by atoms with van der Waals surface area (Å²) in [6.07, 6.45) is 3.71. The van der Waals surface area contributed by atoms with Crippen molar-refractivity contribution in [1.82, 2.24) is 9.97 Å². The Morgan fingerprint density at radius 1 is 0.579 bits per heavy atom. The first-order valence-corrected chi connectivity index (χ1v) is 13.0. The molecule has 5 aromatic carbocycles. The van der Waals surface area contributed by atoms with E-state index in [2.05, 4.69) is 70.6 Å². The van der Waals surface area contributed by atoms with Crippen LogP contribution in [0.5, 0.6) is 0 Å². The van der Waals surface area contributed by atoms with Crippen molar-refractivity contribution in [3.8, 4) is 22.4 Å².